The first-order valence-electron chi connectivity index (χ1n) is 8.71. The summed E-state index contributed by atoms with van der Waals surface area (Å²) in [6.45, 7) is 3.74. The highest BCUT2D eigenvalue weighted by Gasteiger charge is 2.18. The second-order valence-corrected chi connectivity index (χ2v) is 7.10. The van der Waals surface area contributed by atoms with Gasteiger partial charge in [0, 0.05) is 22.9 Å². The smallest absolute Gasteiger partial charge is 0.267 e. The molecule has 4 rings (SSSR count). The molecule has 3 aromatic rings. The van der Waals surface area contributed by atoms with Crippen molar-refractivity contribution in [3.8, 4) is 0 Å². The molecule has 1 aromatic heterocycles. The Morgan fingerprint density at radius 1 is 1.10 bits per heavy atom. The van der Waals surface area contributed by atoms with Crippen LogP contribution in [0.1, 0.15) is 17.5 Å². The summed E-state index contributed by atoms with van der Waals surface area (Å²) >= 11 is 12.3. The molecule has 0 saturated carbocycles. The van der Waals surface area contributed by atoms with Crippen LogP contribution in [-0.4, -0.2) is 28.7 Å². The minimum Gasteiger partial charge on any atom is -0.309 e. The maximum Gasteiger partial charge on any atom is 0.267 e. The summed E-state index contributed by atoms with van der Waals surface area (Å²) in [5, 5.41) is 11.1. The van der Waals surface area contributed by atoms with Gasteiger partial charge in [0.05, 0.1) is 28.1 Å². The highest BCUT2D eigenvalue weighted by atomic mass is 35.5. The van der Waals surface area contributed by atoms with Crippen LogP contribution in [0.15, 0.2) is 69.8 Å². The number of amides is 1. The van der Waals surface area contributed by atoms with E-state index < -0.39 is 0 Å². The zero-order chi connectivity index (χ0) is 20.4. The second-order valence-electron chi connectivity index (χ2n) is 6.28. The van der Waals surface area contributed by atoms with Crippen LogP contribution in [0.3, 0.4) is 0 Å². The molecule has 0 unspecified atom stereocenters. The molecule has 0 radical (unpaired) electrons. The lowest BCUT2D eigenvalue weighted by Gasteiger charge is -2.15. The number of hydrogen-bond acceptors (Lipinski definition) is 4. The minimum absolute atomic E-state index is 0.147. The van der Waals surface area contributed by atoms with Gasteiger partial charge in [-0.2, -0.15) is 5.10 Å². The second kappa shape index (κ2) is 8.03. The van der Waals surface area contributed by atoms with Crippen LogP contribution >= 0.6 is 23.2 Å². The van der Waals surface area contributed by atoms with Crippen LogP contribution in [0.5, 0.6) is 0 Å². The van der Waals surface area contributed by atoms with E-state index in [0.717, 1.165) is 22.0 Å². The van der Waals surface area contributed by atoms with Crippen LogP contribution in [0.2, 0.25) is 5.02 Å². The lowest BCUT2D eigenvalue weighted by atomic mass is 10.0. The third-order valence-corrected chi connectivity index (χ3v) is 5.02. The summed E-state index contributed by atoms with van der Waals surface area (Å²) in [5.41, 5.74) is 3.38. The van der Waals surface area contributed by atoms with E-state index in [-0.39, 0.29) is 10.9 Å². The van der Waals surface area contributed by atoms with E-state index >= 15 is 0 Å². The highest BCUT2D eigenvalue weighted by molar-refractivity contribution is 6.44. The molecular formula is C21H15Cl2N5O. The molecule has 0 bridgehead atoms. The van der Waals surface area contributed by atoms with Crippen LogP contribution in [0.25, 0.3) is 22.3 Å². The largest absolute Gasteiger partial charge is 0.309 e. The number of hydrogen-bond donors (Lipinski definition) is 2. The van der Waals surface area contributed by atoms with Gasteiger partial charge in [0.1, 0.15) is 10.9 Å². The quantitative estimate of drug-likeness (QED) is 0.467. The lowest BCUT2D eigenvalue weighted by molar-refractivity contribution is -0.115. The van der Waals surface area contributed by atoms with Gasteiger partial charge in [-0.05, 0) is 18.9 Å². The van der Waals surface area contributed by atoms with Crippen LogP contribution in [-0.2, 0) is 4.79 Å². The monoisotopic (exact) mass is 423 g/mol. The SMILES string of the molecule is C=N/C(=C(\N=C1CC=C(Cl)C(=O)N1)c1ccccc1)c1cc(Cl)c2[nH]ncc2c1. The maximum atomic E-state index is 11.9. The first-order valence-corrected chi connectivity index (χ1v) is 9.46. The van der Waals surface area contributed by atoms with Gasteiger partial charge in [0.25, 0.3) is 5.91 Å². The van der Waals surface area contributed by atoms with Gasteiger partial charge < -0.3 is 5.32 Å². The molecule has 144 valence electrons. The molecule has 0 saturated heterocycles. The van der Waals surface area contributed by atoms with Gasteiger partial charge >= 0.3 is 0 Å². The van der Waals surface area contributed by atoms with E-state index in [0.29, 0.717) is 28.7 Å². The average molecular weight is 424 g/mol. The zero-order valence-electron chi connectivity index (χ0n) is 15.1. The molecule has 29 heavy (non-hydrogen) atoms. The Hall–Kier alpha value is -3.22. The van der Waals surface area contributed by atoms with E-state index in [4.69, 9.17) is 28.2 Å². The van der Waals surface area contributed by atoms with Crippen molar-refractivity contribution >= 4 is 64.0 Å². The molecule has 2 heterocycles. The number of halogens is 2. The van der Waals surface area contributed by atoms with Crippen LogP contribution in [0, 0.1) is 0 Å². The number of aromatic nitrogens is 2. The first-order chi connectivity index (χ1) is 14.1. The molecule has 1 amide bonds. The third kappa shape index (κ3) is 3.85. The predicted molar refractivity (Wildman–Crippen MR) is 118 cm³/mol. The Balaban J connectivity index is 1.93. The van der Waals surface area contributed by atoms with Crippen molar-refractivity contribution < 1.29 is 4.79 Å². The van der Waals surface area contributed by atoms with Gasteiger partial charge in [0.2, 0.25) is 0 Å². The number of fused-ring (bicyclic) bond motifs is 1. The summed E-state index contributed by atoms with van der Waals surface area (Å²) in [6, 6.07) is 13.2. The number of aliphatic imine (C=N–C) groups is 2. The summed E-state index contributed by atoms with van der Waals surface area (Å²) in [4.78, 5) is 20.9. The number of carbonyl (C=O) groups is 1. The Kier molecular flexibility index (Phi) is 5.29. The number of amidine groups is 1. The van der Waals surface area contributed by atoms with Crippen molar-refractivity contribution in [2.45, 2.75) is 6.42 Å². The molecule has 2 N–H and O–H groups in total. The minimum atomic E-state index is -0.389. The Labute approximate surface area is 176 Å². The molecule has 0 atom stereocenters. The van der Waals surface area contributed by atoms with E-state index in [9.17, 15) is 4.79 Å². The standard InChI is InChI=1S/C21H15Cl2N5O/c1-24-19(13-9-14-11-25-28-18(14)16(23)10-13)20(12-5-3-2-4-6-12)26-17-8-7-15(22)21(29)27-17/h2-7,9-11H,1,8H2,(H,25,28)(H,26,27,29)/b20-19-. The van der Waals surface area contributed by atoms with Crippen molar-refractivity contribution in [1.29, 1.82) is 0 Å². The van der Waals surface area contributed by atoms with Crippen molar-refractivity contribution in [3.05, 3.63) is 75.9 Å². The number of H-pyrrole nitrogens is 1. The van der Waals surface area contributed by atoms with E-state index in [1.54, 1.807) is 18.3 Å². The number of rotatable bonds is 4. The number of aromatic amines is 1. The van der Waals surface area contributed by atoms with Crippen molar-refractivity contribution in [2.75, 3.05) is 0 Å². The van der Waals surface area contributed by atoms with Gasteiger partial charge in [-0.25, -0.2) is 4.99 Å². The maximum absolute atomic E-state index is 11.9. The van der Waals surface area contributed by atoms with Crippen LogP contribution in [0.4, 0.5) is 0 Å². The van der Waals surface area contributed by atoms with Gasteiger partial charge in [-0.1, -0.05) is 59.6 Å². The highest BCUT2D eigenvalue weighted by Crippen LogP contribution is 2.33. The summed E-state index contributed by atoms with van der Waals surface area (Å²) in [6.07, 6.45) is 3.71. The number of benzene rings is 2. The molecular weight excluding hydrogens is 409 g/mol. The Morgan fingerprint density at radius 3 is 2.62 bits per heavy atom. The van der Waals surface area contributed by atoms with Crippen LogP contribution < -0.4 is 5.32 Å². The molecule has 2 aromatic carbocycles. The number of nitrogens with one attached hydrogen (secondary N) is 2. The predicted octanol–water partition coefficient (Wildman–Crippen LogP) is 4.78. The third-order valence-electron chi connectivity index (χ3n) is 4.40. The Morgan fingerprint density at radius 2 is 1.90 bits per heavy atom. The average Bonchev–Trinajstić information content (AvgIpc) is 3.20. The van der Waals surface area contributed by atoms with Crippen molar-refractivity contribution in [2.24, 2.45) is 9.98 Å². The van der Waals surface area contributed by atoms with Gasteiger partial charge in [0.15, 0.2) is 0 Å². The molecule has 0 fully saturated rings. The number of nitrogens with zero attached hydrogens (tertiary/aromatic N) is 3. The molecule has 8 heteroatoms. The fraction of sp³-hybridized carbons (Fsp3) is 0.0476. The zero-order valence-corrected chi connectivity index (χ0v) is 16.6. The summed E-state index contributed by atoms with van der Waals surface area (Å²) < 4.78 is 0. The van der Waals surface area contributed by atoms with E-state index in [1.807, 2.05) is 36.4 Å². The van der Waals surface area contributed by atoms with Gasteiger partial charge in [-0.3, -0.25) is 14.9 Å². The molecule has 0 spiro atoms. The molecule has 0 aliphatic carbocycles. The van der Waals surface area contributed by atoms with E-state index in [1.165, 1.54) is 0 Å². The topological polar surface area (TPSA) is 82.5 Å². The fourth-order valence-electron chi connectivity index (χ4n) is 3.03. The van der Waals surface area contributed by atoms with Gasteiger partial charge in [-0.15, -0.1) is 0 Å². The molecule has 1 aliphatic heterocycles. The lowest BCUT2D eigenvalue weighted by Crippen LogP contribution is -2.33. The summed E-state index contributed by atoms with van der Waals surface area (Å²) in [7, 11) is 0. The normalized spacial score (nSPS) is 16.4. The molecule has 6 nitrogen and oxygen atoms in total. The summed E-state index contributed by atoms with van der Waals surface area (Å²) in [5.74, 6) is 0.0786. The first kappa shape index (κ1) is 19.1. The molecule has 1 aliphatic rings. The van der Waals surface area contributed by atoms with E-state index in [2.05, 4.69) is 27.2 Å². The van der Waals surface area contributed by atoms with Crippen molar-refractivity contribution in [3.63, 3.8) is 0 Å². The fourth-order valence-corrected chi connectivity index (χ4v) is 3.43. The number of carbonyl (C=O) groups excluding carboxylic acids is 1. The Bertz CT molecular complexity index is 1210. The van der Waals surface area contributed by atoms with Crippen molar-refractivity contribution in [1.82, 2.24) is 15.5 Å².